The summed E-state index contributed by atoms with van der Waals surface area (Å²) in [5, 5.41) is 4.05. The minimum Gasteiger partial charge on any atom is -0.361 e. The van der Waals surface area contributed by atoms with Crippen LogP contribution in [0.15, 0.2) is 34.9 Å². The minimum absolute atomic E-state index is 0.0222. The zero-order chi connectivity index (χ0) is 21.8. The van der Waals surface area contributed by atoms with Gasteiger partial charge in [0, 0.05) is 62.9 Å². The lowest BCUT2D eigenvalue weighted by molar-refractivity contribution is -0.136. The SMILES string of the molecule is Cc1noc(C)c1CN1CCCN(C(=O)C2CCN(C(=O)c3ccccc3)CC2)CC1. The number of carbonyl (C=O) groups excluding carboxylic acids is 2. The van der Waals surface area contributed by atoms with E-state index in [1.165, 1.54) is 0 Å². The van der Waals surface area contributed by atoms with Crippen LogP contribution < -0.4 is 0 Å². The van der Waals surface area contributed by atoms with Gasteiger partial charge in [-0.25, -0.2) is 0 Å². The lowest BCUT2D eigenvalue weighted by Crippen LogP contribution is -2.45. The summed E-state index contributed by atoms with van der Waals surface area (Å²) in [6.45, 7) is 9.45. The number of nitrogens with zero attached hydrogens (tertiary/aromatic N) is 4. The molecule has 2 aliphatic heterocycles. The van der Waals surface area contributed by atoms with Crippen molar-refractivity contribution in [1.29, 1.82) is 0 Å². The van der Waals surface area contributed by atoms with Gasteiger partial charge in [-0.2, -0.15) is 0 Å². The van der Waals surface area contributed by atoms with Crippen molar-refractivity contribution in [3.05, 3.63) is 52.9 Å². The van der Waals surface area contributed by atoms with Crippen LogP contribution in [0.5, 0.6) is 0 Å². The lowest BCUT2D eigenvalue weighted by Gasteiger charge is -2.34. The standard InChI is InChI=1S/C24H32N4O3/c1-18-22(19(2)31-25-18)17-26-11-6-12-27(16-15-26)24(30)21-9-13-28(14-10-21)23(29)20-7-4-3-5-8-20/h3-5,7-8,21H,6,9-17H2,1-2H3. The normalized spacial score (nSPS) is 18.8. The van der Waals surface area contributed by atoms with E-state index in [2.05, 4.69) is 10.1 Å². The first kappa shape index (κ1) is 21.6. The van der Waals surface area contributed by atoms with Gasteiger partial charge in [-0.1, -0.05) is 23.4 Å². The summed E-state index contributed by atoms with van der Waals surface area (Å²) in [6.07, 6.45) is 2.47. The number of amides is 2. The van der Waals surface area contributed by atoms with Crippen LogP contribution in [0.3, 0.4) is 0 Å². The Morgan fingerprint density at radius 1 is 0.968 bits per heavy atom. The molecule has 2 saturated heterocycles. The number of hydrogen-bond acceptors (Lipinski definition) is 5. The molecule has 7 nitrogen and oxygen atoms in total. The molecule has 2 aliphatic rings. The van der Waals surface area contributed by atoms with Crippen LogP contribution in [0.1, 0.15) is 46.6 Å². The molecule has 2 fully saturated rings. The van der Waals surface area contributed by atoms with E-state index in [1.54, 1.807) is 0 Å². The topological polar surface area (TPSA) is 69.9 Å². The van der Waals surface area contributed by atoms with Crippen LogP contribution in [-0.2, 0) is 11.3 Å². The van der Waals surface area contributed by atoms with Gasteiger partial charge in [-0.05, 0) is 45.2 Å². The van der Waals surface area contributed by atoms with E-state index < -0.39 is 0 Å². The molecule has 0 spiro atoms. The summed E-state index contributed by atoms with van der Waals surface area (Å²) in [5.41, 5.74) is 2.83. The van der Waals surface area contributed by atoms with E-state index in [4.69, 9.17) is 4.52 Å². The molecule has 0 N–H and O–H groups in total. The van der Waals surface area contributed by atoms with Crippen molar-refractivity contribution in [3.8, 4) is 0 Å². The Morgan fingerprint density at radius 2 is 1.71 bits per heavy atom. The summed E-state index contributed by atoms with van der Waals surface area (Å²) in [4.78, 5) is 32.1. The number of aryl methyl sites for hydroxylation is 2. The molecule has 0 bridgehead atoms. The van der Waals surface area contributed by atoms with E-state index in [9.17, 15) is 9.59 Å². The third kappa shape index (κ3) is 4.98. The molecule has 166 valence electrons. The molecule has 0 radical (unpaired) electrons. The van der Waals surface area contributed by atoms with Crippen molar-refractivity contribution >= 4 is 11.8 Å². The number of benzene rings is 1. The Morgan fingerprint density at radius 3 is 2.39 bits per heavy atom. The monoisotopic (exact) mass is 424 g/mol. The number of likely N-dealkylation sites (tertiary alicyclic amines) is 1. The molecule has 1 aromatic heterocycles. The van der Waals surface area contributed by atoms with Gasteiger partial charge in [-0.15, -0.1) is 0 Å². The Hall–Kier alpha value is -2.67. The molecular weight excluding hydrogens is 392 g/mol. The minimum atomic E-state index is 0.0222. The van der Waals surface area contributed by atoms with E-state index in [0.717, 1.165) is 74.6 Å². The molecular formula is C24H32N4O3. The summed E-state index contributed by atoms with van der Waals surface area (Å²) in [6, 6.07) is 9.39. The first-order valence-electron chi connectivity index (χ1n) is 11.3. The highest BCUT2D eigenvalue weighted by Gasteiger charge is 2.31. The van der Waals surface area contributed by atoms with Crippen molar-refractivity contribution in [3.63, 3.8) is 0 Å². The van der Waals surface area contributed by atoms with Crippen molar-refractivity contribution in [2.45, 2.75) is 39.7 Å². The summed E-state index contributed by atoms with van der Waals surface area (Å²) in [5.74, 6) is 1.22. The molecule has 2 aromatic rings. The van der Waals surface area contributed by atoms with E-state index >= 15 is 0 Å². The third-order valence-electron chi connectivity index (χ3n) is 6.62. The molecule has 0 aliphatic carbocycles. The average molecular weight is 425 g/mol. The Bertz CT molecular complexity index is 883. The van der Waals surface area contributed by atoms with Crippen molar-refractivity contribution in [2.24, 2.45) is 5.92 Å². The zero-order valence-electron chi connectivity index (χ0n) is 18.5. The van der Waals surface area contributed by atoms with Gasteiger partial charge >= 0.3 is 0 Å². The first-order valence-corrected chi connectivity index (χ1v) is 11.3. The quantitative estimate of drug-likeness (QED) is 0.755. The first-order chi connectivity index (χ1) is 15.0. The maximum atomic E-state index is 13.2. The fraction of sp³-hybridized carbons (Fsp3) is 0.542. The lowest BCUT2D eigenvalue weighted by atomic mass is 9.94. The van der Waals surface area contributed by atoms with Gasteiger partial charge < -0.3 is 14.3 Å². The van der Waals surface area contributed by atoms with E-state index in [0.29, 0.717) is 13.1 Å². The third-order valence-corrected chi connectivity index (χ3v) is 6.62. The van der Waals surface area contributed by atoms with Gasteiger partial charge in [-0.3, -0.25) is 14.5 Å². The predicted octanol–water partition coefficient (Wildman–Crippen LogP) is 2.88. The Balaban J connectivity index is 1.28. The number of rotatable bonds is 4. The van der Waals surface area contributed by atoms with E-state index in [-0.39, 0.29) is 17.7 Å². The average Bonchev–Trinajstić information content (AvgIpc) is 2.99. The van der Waals surface area contributed by atoms with Crippen LogP contribution in [0.4, 0.5) is 0 Å². The summed E-state index contributed by atoms with van der Waals surface area (Å²) < 4.78 is 5.29. The second kappa shape index (κ2) is 9.64. The zero-order valence-corrected chi connectivity index (χ0v) is 18.5. The van der Waals surface area contributed by atoms with Gasteiger partial charge in [0.2, 0.25) is 5.91 Å². The molecule has 0 saturated carbocycles. The van der Waals surface area contributed by atoms with Crippen LogP contribution in [0, 0.1) is 19.8 Å². The van der Waals surface area contributed by atoms with Gasteiger partial charge in [0.15, 0.2) is 0 Å². The number of carbonyl (C=O) groups is 2. The maximum Gasteiger partial charge on any atom is 0.253 e. The summed E-state index contributed by atoms with van der Waals surface area (Å²) in [7, 11) is 0. The largest absolute Gasteiger partial charge is 0.361 e. The van der Waals surface area contributed by atoms with Gasteiger partial charge in [0.25, 0.3) is 5.91 Å². The second-order valence-corrected chi connectivity index (χ2v) is 8.69. The molecule has 2 amide bonds. The molecule has 31 heavy (non-hydrogen) atoms. The molecule has 7 heteroatoms. The van der Waals surface area contributed by atoms with Crippen LogP contribution >= 0.6 is 0 Å². The Kier molecular flexibility index (Phi) is 6.70. The van der Waals surface area contributed by atoms with E-state index in [1.807, 2.05) is 54.0 Å². The molecule has 4 rings (SSSR count). The fourth-order valence-corrected chi connectivity index (χ4v) is 4.65. The number of aromatic nitrogens is 1. The molecule has 0 unspecified atom stereocenters. The Labute approximate surface area is 184 Å². The van der Waals surface area contributed by atoms with Crippen molar-refractivity contribution in [2.75, 3.05) is 39.3 Å². The summed E-state index contributed by atoms with van der Waals surface area (Å²) >= 11 is 0. The van der Waals surface area contributed by atoms with Crippen molar-refractivity contribution in [1.82, 2.24) is 19.9 Å². The highest BCUT2D eigenvalue weighted by atomic mass is 16.5. The van der Waals surface area contributed by atoms with Crippen LogP contribution in [-0.4, -0.2) is 70.9 Å². The second-order valence-electron chi connectivity index (χ2n) is 8.69. The number of piperidine rings is 1. The molecule has 0 atom stereocenters. The smallest absolute Gasteiger partial charge is 0.253 e. The number of hydrogen-bond donors (Lipinski definition) is 0. The van der Waals surface area contributed by atoms with Crippen LogP contribution in [0.25, 0.3) is 0 Å². The highest BCUT2D eigenvalue weighted by Crippen LogP contribution is 2.23. The van der Waals surface area contributed by atoms with Gasteiger partial charge in [0.1, 0.15) is 5.76 Å². The predicted molar refractivity (Wildman–Crippen MR) is 118 cm³/mol. The fourth-order valence-electron chi connectivity index (χ4n) is 4.65. The van der Waals surface area contributed by atoms with Crippen LogP contribution in [0.2, 0.25) is 0 Å². The van der Waals surface area contributed by atoms with Crippen molar-refractivity contribution < 1.29 is 14.1 Å². The maximum absolute atomic E-state index is 13.2. The molecule has 1 aromatic carbocycles. The van der Waals surface area contributed by atoms with Gasteiger partial charge in [0.05, 0.1) is 5.69 Å². The highest BCUT2D eigenvalue weighted by molar-refractivity contribution is 5.94. The molecule has 3 heterocycles.